The first-order valence-electron chi connectivity index (χ1n) is 6.50. The SMILES string of the molecule is CN(CCc1ccccn1)C1(C(=O)O)CCCC1. The number of hydrogen-bond donors (Lipinski definition) is 1. The number of nitrogens with zero attached hydrogens (tertiary/aromatic N) is 2. The molecule has 0 aliphatic heterocycles. The molecule has 98 valence electrons. The Kier molecular flexibility index (Phi) is 3.97. The van der Waals surface area contributed by atoms with Crippen LogP contribution < -0.4 is 0 Å². The average Bonchev–Trinajstić information content (AvgIpc) is 2.88. The van der Waals surface area contributed by atoms with Crippen LogP contribution in [0.2, 0.25) is 0 Å². The van der Waals surface area contributed by atoms with Gasteiger partial charge in [0.05, 0.1) is 0 Å². The summed E-state index contributed by atoms with van der Waals surface area (Å²) >= 11 is 0. The maximum atomic E-state index is 11.5. The maximum absolute atomic E-state index is 11.5. The third-order valence-electron chi connectivity index (χ3n) is 3.99. The molecule has 0 unspecified atom stereocenters. The molecule has 4 heteroatoms. The minimum atomic E-state index is -0.677. The topological polar surface area (TPSA) is 53.4 Å². The van der Waals surface area contributed by atoms with E-state index in [1.807, 2.05) is 30.1 Å². The molecule has 0 atom stereocenters. The van der Waals surface area contributed by atoms with Gasteiger partial charge in [-0.15, -0.1) is 0 Å². The van der Waals surface area contributed by atoms with Crippen molar-refractivity contribution in [2.24, 2.45) is 0 Å². The van der Waals surface area contributed by atoms with E-state index >= 15 is 0 Å². The van der Waals surface area contributed by atoms with Crippen LogP contribution in [0.15, 0.2) is 24.4 Å². The van der Waals surface area contributed by atoms with E-state index in [1.54, 1.807) is 6.20 Å². The number of pyridine rings is 1. The summed E-state index contributed by atoms with van der Waals surface area (Å²) in [5.74, 6) is -0.677. The Morgan fingerprint density at radius 2 is 2.17 bits per heavy atom. The Morgan fingerprint density at radius 3 is 2.72 bits per heavy atom. The molecule has 0 saturated heterocycles. The number of aromatic nitrogens is 1. The van der Waals surface area contributed by atoms with Crippen molar-refractivity contribution >= 4 is 5.97 Å². The molecule has 0 amide bonds. The molecule has 2 rings (SSSR count). The molecule has 1 aromatic heterocycles. The van der Waals surface area contributed by atoms with Crippen molar-refractivity contribution in [1.29, 1.82) is 0 Å². The zero-order valence-electron chi connectivity index (χ0n) is 10.8. The lowest BCUT2D eigenvalue weighted by Gasteiger charge is -2.34. The molecule has 1 aliphatic carbocycles. The normalized spacial score (nSPS) is 18.1. The Hall–Kier alpha value is -1.42. The molecule has 1 aromatic rings. The second-order valence-corrected chi connectivity index (χ2v) is 5.04. The molecule has 18 heavy (non-hydrogen) atoms. The van der Waals surface area contributed by atoms with E-state index in [-0.39, 0.29) is 0 Å². The predicted octanol–water partition coefficient (Wildman–Crippen LogP) is 1.95. The van der Waals surface area contributed by atoms with Gasteiger partial charge in [0.2, 0.25) is 0 Å². The van der Waals surface area contributed by atoms with Gasteiger partial charge in [0.25, 0.3) is 0 Å². The predicted molar refractivity (Wildman–Crippen MR) is 69.4 cm³/mol. The highest BCUT2D eigenvalue weighted by Crippen LogP contribution is 2.34. The smallest absolute Gasteiger partial charge is 0.324 e. The molecular weight excluding hydrogens is 228 g/mol. The second kappa shape index (κ2) is 5.48. The number of rotatable bonds is 5. The number of carboxylic acids is 1. The highest BCUT2D eigenvalue weighted by molar-refractivity contribution is 5.79. The first-order valence-corrected chi connectivity index (χ1v) is 6.50. The Labute approximate surface area is 108 Å². The fraction of sp³-hybridized carbons (Fsp3) is 0.571. The van der Waals surface area contributed by atoms with E-state index in [0.717, 1.165) is 44.3 Å². The Bertz CT molecular complexity index is 400. The Morgan fingerprint density at radius 1 is 1.44 bits per heavy atom. The van der Waals surface area contributed by atoms with Gasteiger partial charge < -0.3 is 5.11 Å². The van der Waals surface area contributed by atoms with Crippen LogP contribution in [0, 0.1) is 0 Å². The van der Waals surface area contributed by atoms with Crippen LogP contribution in [0.1, 0.15) is 31.4 Å². The Balaban J connectivity index is 1.98. The van der Waals surface area contributed by atoms with Crippen molar-refractivity contribution < 1.29 is 9.90 Å². The van der Waals surface area contributed by atoms with E-state index in [4.69, 9.17) is 0 Å². The quantitative estimate of drug-likeness (QED) is 0.865. The van der Waals surface area contributed by atoms with Crippen LogP contribution in [0.3, 0.4) is 0 Å². The van der Waals surface area contributed by atoms with Crippen LogP contribution in [0.4, 0.5) is 0 Å². The number of carboxylic acid groups (broad SMARTS) is 1. The number of hydrogen-bond acceptors (Lipinski definition) is 3. The van der Waals surface area contributed by atoms with Gasteiger partial charge in [-0.3, -0.25) is 14.7 Å². The third-order valence-corrected chi connectivity index (χ3v) is 3.99. The largest absolute Gasteiger partial charge is 0.480 e. The molecule has 0 aromatic carbocycles. The summed E-state index contributed by atoms with van der Waals surface area (Å²) in [7, 11) is 1.92. The molecule has 0 bridgehead atoms. The lowest BCUT2D eigenvalue weighted by molar-refractivity contribution is -0.150. The summed E-state index contributed by atoms with van der Waals surface area (Å²) in [5.41, 5.74) is 0.372. The van der Waals surface area contributed by atoms with Crippen LogP contribution in [-0.4, -0.2) is 40.1 Å². The van der Waals surface area contributed by atoms with Gasteiger partial charge in [-0.05, 0) is 32.0 Å². The van der Waals surface area contributed by atoms with E-state index in [9.17, 15) is 9.90 Å². The van der Waals surface area contributed by atoms with E-state index in [0.29, 0.717) is 0 Å². The standard InChI is InChI=1S/C14H20N2O2/c1-16(11-7-12-6-2-5-10-15-12)14(13(17)18)8-3-4-9-14/h2,5-6,10H,3-4,7-9,11H2,1H3,(H,17,18). The first kappa shape index (κ1) is 13.0. The fourth-order valence-corrected chi connectivity index (χ4v) is 2.76. The van der Waals surface area contributed by atoms with Crippen molar-refractivity contribution in [3.8, 4) is 0 Å². The molecule has 1 aliphatic rings. The van der Waals surface area contributed by atoms with Gasteiger partial charge in [-0.25, -0.2) is 0 Å². The number of likely N-dealkylation sites (N-methyl/N-ethyl adjacent to an activating group) is 1. The van der Waals surface area contributed by atoms with Crippen LogP contribution in [0.25, 0.3) is 0 Å². The second-order valence-electron chi connectivity index (χ2n) is 5.04. The van der Waals surface area contributed by atoms with Gasteiger partial charge in [0, 0.05) is 24.9 Å². The summed E-state index contributed by atoms with van der Waals surface area (Å²) in [6.45, 7) is 0.739. The average molecular weight is 248 g/mol. The molecule has 1 N–H and O–H groups in total. The molecule has 1 saturated carbocycles. The van der Waals surface area contributed by atoms with E-state index < -0.39 is 11.5 Å². The molecule has 1 fully saturated rings. The number of carbonyl (C=O) groups is 1. The monoisotopic (exact) mass is 248 g/mol. The molecule has 0 spiro atoms. The summed E-state index contributed by atoms with van der Waals surface area (Å²) in [4.78, 5) is 17.8. The molecule has 0 radical (unpaired) electrons. The minimum absolute atomic E-state index is 0.644. The van der Waals surface area contributed by atoms with Gasteiger partial charge in [0.1, 0.15) is 5.54 Å². The van der Waals surface area contributed by atoms with Crippen molar-refractivity contribution in [2.45, 2.75) is 37.6 Å². The van der Waals surface area contributed by atoms with E-state index in [2.05, 4.69) is 4.98 Å². The van der Waals surface area contributed by atoms with Gasteiger partial charge in [0.15, 0.2) is 0 Å². The molecule has 1 heterocycles. The zero-order valence-corrected chi connectivity index (χ0v) is 10.8. The van der Waals surface area contributed by atoms with Crippen molar-refractivity contribution in [2.75, 3.05) is 13.6 Å². The lowest BCUT2D eigenvalue weighted by atomic mass is 9.95. The highest BCUT2D eigenvalue weighted by Gasteiger charge is 2.44. The van der Waals surface area contributed by atoms with Gasteiger partial charge >= 0.3 is 5.97 Å². The van der Waals surface area contributed by atoms with Crippen LogP contribution in [-0.2, 0) is 11.2 Å². The van der Waals surface area contributed by atoms with Crippen molar-refractivity contribution in [1.82, 2.24) is 9.88 Å². The van der Waals surface area contributed by atoms with Crippen LogP contribution in [0.5, 0.6) is 0 Å². The lowest BCUT2D eigenvalue weighted by Crippen LogP contribution is -2.51. The maximum Gasteiger partial charge on any atom is 0.324 e. The summed E-state index contributed by atoms with van der Waals surface area (Å²) in [5, 5.41) is 9.47. The third kappa shape index (κ3) is 2.53. The van der Waals surface area contributed by atoms with Gasteiger partial charge in [-0.2, -0.15) is 0 Å². The first-order chi connectivity index (χ1) is 8.65. The summed E-state index contributed by atoms with van der Waals surface area (Å²) in [6.07, 6.45) is 6.13. The molecular formula is C14H20N2O2. The minimum Gasteiger partial charge on any atom is -0.480 e. The van der Waals surface area contributed by atoms with Crippen molar-refractivity contribution in [3.05, 3.63) is 30.1 Å². The fourth-order valence-electron chi connectivity index (χ4n) is 2.76. The number of aliphatic carboxylic acids is 1. The summed E-state index contributed by atoms with van der Waals surface area (Å²) in [6, 6.07) is 5.84. The zero-order chi connectivity index (χ0) is 13.0. The van der Waals surface area contributed by atoms with Crippen LogP contribution >= 0.6 is 0 Å². The van der Waals surface area contributed by atoms with Crippen molar-refractivity contribution in [3.63, 3.8) is 0 Å². The highest BCUT2D eigenvalue weighted by atomic mass is 16.4. The molecule has 4 nitrogen and oxygen atoms in total. The van der Waals surface area contributed by atoms with E-state index in [1.165, 1.54) is 0 Å². The summed E-state index contributed by atoms with van der Waals surface area (Å²) < 4.78 is 0. The van der Waals surface area contributed by atoms with Gasteiger partial charge in [-0.1, -0.05) is 18.9 Å².